The molecule has 3 heteroatoms. The van der Waals surface area contributed by atoms with Crippen molar-refractivity contribution in [3.05, 3.63) is 23.8 Å². The van der Waals surface area contributed by atoms with Gasteiger partial charge in [-0.25, -0.2) is 0 Å². The summed E-state index contributed by atoms with van der Waals surface area (Å²) in [5, 5.41) is 0. The molecule has 0 bridgehead atoms. The van der Waals surface area contributed by atoms with Crippen LogP contribution in [0, 0.1) is 5.92 Å². The van der Waals surface area contributed by atoms with Gasteiger partial charge in [-0.15, -0.1) is 0 Å². The summed E-state index contributed by atoms with van der Waals surface area (Å²) in [7, 11) is 1.62. The van der Waals surface area contributed by atoms with Crippen LogP contribution >= 0.6 is 0 Å². The number of nitrogens with two attached hydrogens (primary N) is 1. The van der Waals surface area contributed by atoms with Crippen LogP contribution in [-0.4, -0.2) is 19.1 Å². The van der Waals surface area contributed by atoms with E-state index < -0.39 is 5.91 Å². The summed E-state index contributed by atoms with van der Waals surface area (Å²) in [6.07, 6.45) is 5.39. The van der Waals surface area contributed by atoms with Crippen LogP contribution in [0.4, 0.5) is 0 Å². The average molecular weight is 167 g/mol. The number of carbonyl (C=O) groups excluding carboxylic acids is 1. The summed E-state index contributed by atoms with van der Waals surface area (Å²) in [5.74, 6) is -0.0988. The third-order valence-corrected chi connectivity index (χ3v) is 2.00. The second-order valence-corrected chi connectivity index (χ2v) is 2.90. The van der Waals surface area contributed by atoms with Gasteiger partial charge in [0.05, 0.1) is 6.10 Å². The zero-order valence-electron chi connectivity index (χ0n) is 7.28. The van der Waals surface area contributed by atoms with E-state index in [4.69, 9.17) is 10.5 Å². The SMILES string of the molecule is COC1C=C(C(N)=O)C=CC1C. The van der Waals surface area contributed by atoms with E-state index in [1.165, 1.54) is 0 Å². The summed E-state index contributed by atoms with van der Waals surface area (Å²) in [4.78, 5) is 10.8. The third-order valence-electron chi connectivity index (χ3n) is 2.00. The highest BCUT2D eigenvalue weighted by molar-refractivity contribution is 5.95. The van der Waals surface area contributed by atoms with Crippen LogP contribution in [0.3, 0.4) is 0 Å². The highest BCUT2D eigenvalue weighted by atomic mass is 16.5. The normalized spacial score (nSPS) is 28.3. The molecule has 0 fully saturated rings. The standard InChI is InChI=1S/C9H13NO2/c1-6-3-4-7(9(10)11)5-8(6)12-2/h3-6,8H,1-2H3,(H2,10,11). The lowest BCUT2D eigenvalue weighted by Crippen LogP contribution is -2.23. The van der Waals surface area contributed by atoms with Crippen LogP contribution in [0.15, 0.2) is 23.8 Å². The minimum Gasteiger partial charge on any atom is -0.377 e. The van der Waals surface area contributed by atoms with E-state index in [0.29, 0.717) is 11.5 Å². The third kappa shape index (κ3) is 1.74. The number of hydrogen-bond donors (Lipinski definition) is 1. The summed E-state index contributed by atoms with van der Waals surface area (Å²) < 4.78 is 5.15. The van der Waals surface area contributed by atoms with Gasteiger partial charge in [0.2, 0.25) is 5.91 Å². The lowest BCUT2D eigenvalue weighted by molar-refractivity contribution is -0.114. The van der Waals surface area contributed by atoms with E-state index in [2.05, 4.69) is 0 Å². The molecule has 0 aromatic carbocycles. The Morgan fingerprint density at radius 3 is 2.83 bits per heavy atom. The van der Waals surface area contributed by atoms with Crippen molar-refractivity contribution in [2.75, 3.05) is 7.11 Å². The van der Waals surface area contributed by atoms with E-state index in [1.54, 1.807) is 19.3 Å². The summed E-state index contributed by atoms with van der Waals surface area (Å²) >= 11 is 0. The predicted molar refractivity (Wildman–Crippen MR) is 46.4 cm³/mol. The number of carbonyl (C=O) groups is 1. The molecule has 0 saturated heterocycles. The van der Waals surface area contributed by atoms with Crippen molar-refractivity contribution in [3.63, 3.8) is 0 Å². The molecule has 0 aromatic heterocycles. The van der Waals surface area contributed by atoms with Gasteiger partial charge in [-0.3, -0.25) is 4.79 Å². The minimum atomic E-state index is -0.403. The van der Waals surface area contributed by atoms with Crippen molar-refractivity contribution >= 4 is 5.91 Å². The Bertz CT molecular complexity index is 243. The van der Waals surface area contributed by atoms with E-state index in [9.17, 15) is 4.79 Å². The number of primary amides is 1. The average Bonchev–Trinajstić information content (AvgIpc) is 2.05. The van der Waals surface area contributed by atoms with Crippen LogP contribution < -0.4 is 5.73 Å². The Hall–Kier alpha value is -1.09. The number of methoxy groups -OCH3 is 1. The number of amides is 1. The van der Waals surface area contributed by atoms with Gasteiger partial charge >= 0.3 is 0 Å². The molecule has 1 rings (SSSR count). The zero-order chi connectivity index (χ0) is 9.14. The molecule has 1 amide bonds. The summed E-state index contributed by atoms with van der Waals surface area (Å²) in [5.41, 5.74) is 5.64. The first-order valence-electron chi connectivity index (χ1n) is 3.87. The van der Waals surface area contributed by atoms with Crippen LogP contribution in [-0.2, 0) is 9.53 Å². The van der Waals surface area contributed by atoms with E-state index >= 15 is 0 Å². The Kier molecular flexibility index (Phi) is 2.65. The molecular formula is C9H13NO2. The van der Waals surface area contributed by atoms with E-state index in [-0.39, 0.29) is 6.10 Å². The molecule has 3 nitrogen and oxygen atoms in total. The number of ether oxygens (including phenoxy) is 1. The van der Waals surface area contributed by atoms with Gasteiger partial charge < -0.3 is 10.5 Å². The number of rotatable bonds is 2. The fourth-order valence-corrected chi connectivity index (χ4v) is 1.20. The van der Waals surface area contributed by atoms with Crippen LogP contribution in [0.25, 0.3) is 0 Å². The second kappa shape index (κ2) is 3.54. The lowest BCUT2D eigenvalue weighted by Gasteiger charge is -2.20. The van der Waals surface area contributed by atoms with Crippen LogP contribution in [0.2, 0.25) is 0 Å². The minimum absolute atomic E-state index is 0.0301. The molecular weight excluding hydrogens is 154 g/mol. The molecule has 0 saturated carbocycles. The van der Waals surface area contributed by atoms with Crippen molar-refractivity contribution in [2.45, 2.75) is 13.0 Å². The predicted octanol–water partition coefficient (Wildman–Crippen LogP) is 0.619. The molecule has 0 heterocycles. The summed E-state index contributed by atoms with van der Waals surface area (Å²) in [6.45, 7) is 2.03. The molecule has 0 aromatic rings. The monoisotopic (exact) mass is 167 g/mol. The van der Waals surface area contributed by atoms with E-state index in [0.717, 1.165) is 0 Å². The first-order chi connectivity index (χ1) is 5.65. The zero-order valence-corrected chi connectivity index (χ0v) is 7.28. The van der Waals surface area contributed by atoms with Gasteiger partial charge in [0.25, 0.3) is 0 Å². The Morgan fingerprint density at radius 2 is 2.33 bits per heavy atom. The molecule has 66 valence electrons. The van der Waals surface area contributed by atoms with Crippen molar-refractivity contribution in [1.29, 1.82) is 0 Å². The Labute approximate surface area is 71.9 Å². The fourth-order valence-electron chi connectivity index (χ4n) is 1.20. The maximum absolute atomic E-state index is 10.8. The van der Waals surface area contributed by atoms with Gasteiger partial charge in [-0.05, 0) is 6.08 Å². The Balaban J connectivity index is 2.80. The first-order valence-corrected chi connectivity index (χ1v) is 3.87. The molecule has 0 aliphatic heterocycles. The molecule has 0 spiro atoms. The van der Waals surface area contributed by atoms with Gasteiger partial charge in [0.15, 0.2) is 0 Å². The highest BCUT2D eigenvalue weighted by Crippen LogP contribution is 2.18. The molecule has 2 atom stereocenters. The second-order valence-electron chi connectivity index (χ2n) is 2.90. The van der Waals surface area contributed by atoms with Crippen molar-refractivity contribution in [2.24, 2.45) is 11.7 Å². The molecule has 1 aliphatic rings. The van der Waals surface area contributed by atoms with Crippen molar-refractivity contribution in [3.8, 4) is 0 Å². The van der Waals surface area contributed by atoms with Crippen LogP contribution in [0.5, 0.6) is 0 Å². The molecule has 12 heavy (non-hydrogen) atoms. The van der Waals surface area contributed by atoms with E-state index in [1.807, 2.05) is 13.0 Å². The van der Waals surface area contributed by atoms with Crippen LogP contribution in [0.1, 0.15) is 6.92 Å². The molecule has 0 radical (unpaired) electrons. The van der Waals surface area contributed by atoms with Gasteiger partial charge in [-0.2, -0.15) is 0 Å². The van der Waals surface area contributed by atoms with Gasteiger partial charge in [0, 0.05) is 18.6 Å². The molecule has 2 N–H and O–H groups in total. The smallest absolute Gasteiger partial charge is 0.248 e. The molecule has 2 unspecified atom stereocenters. The van der Waals surface area contributed by atoms with Gasteiger partial charge in [-0.1, -0.05) is 19.1 Å². The topological polar surface area (TPSA) is 52.3 Å². The summed E-state index contributed by atoms with van der Waals surface area (Å²) in [6, 6.07) is 0. The van der Waals surface area contributed by atoms with Gasteiger partial charge in [0.1, 0.15) is 0 Å². The maximum atomic E-state index is 10.8. The maximum Gasteiger partial charge on any atom is 0.248 e. The first kappa shape index (κ1) is 9.00. The number of hydrogen-bond acceptors (Lipinski definition) is 2. The molecule has 1 aliphatic carbocycles. The largest absolute Gasteiger partial charge is 0.377 e. The Morgan fingerprint density at radius 1 is 1.67 bits per heavy atom. The fraction of sp³-hybridized carbons (Fsp3) is 0.444. The highest BCUT2D eigenvalue weighted by Gasteiger charge is 2.17. The van der Waals surface area contributed by atoms with Crippen molar-refractivity contribution < 1.29 is 9.53 Å². The lowest BCUT2D eigenvalue weighted by atomic mass is 9.95. The quantitative estimate of drug-likeness (QED) is 0.655. The van der Waals surface area contributed by atoms with Crippen molar-refractivity contribution in [1.82, 2.24) is 0 Å².